The van der Waals surface area contributed by atoms with Crippen LogP contribution in [0.25, 0.3) is 0 Å². The maximum Gasteiger partial charge on any atom is 0.254 e. The summed E-state index contributed by atoms with van der Waals surface area (Å²) in [6, 6.07) is 11.8. The molecule has 0 atom stereocenters. The number of nitrogens with zero attached hydrogens (tertiary/aromatic N) is 2. The number of rotatable bonds is 3. The fourth-order valence-electron chi connectivity index (χ4n) is 3.95. The summed E-state index contributed by atoms with van der Waals surface area (Å²) < 4.78 is 28.6. The molecule has 2 aliphatic rings. The summed E-state index contributed by atoms with van der Waals surface area (Å²) >= 11 is 17.3. The molecule has 2 fully saturated rings. The Balaban J connectivity index is 1.53. The van der Waals surface area contributed by atoms with Gasteiger partial charge in [-0.2, -0.15) is 4.31 Å². The molecule has 2 aromatic rings. The summed E-state index contributed by atoms with van der Waals surface area (Å²) in [6.45, 7) is 1.30. The van der Waals surface area contributed by atoms with Gasteiger partial charge in [0, 0.05) is 40.4 Å². The minimum absolute atomic E-state index is 0.0123. The van der Waals surface area contributed by atoms with Gasteiger partial charge in [0.25, 0.3) is 5.91 Å². The van der Waals surface area contributed by atoms with E-state index in [-0.39, 0.29) is 20.7 Å². The van der Waals surface area contributed by atoms with Crippen LogP contribution >= 0.6 is 50.9 Å². The number of sulfonamides is 1. The second-order valence-electron chi connectivity index (χ2n) is 7.24. The van der Waals surface area contributed by atoms with Crippen LogP contribution in [-0.2, 0) is 10.0 Å². The van der Waals surface area contributed by atoms with Gasteiger partial charge in [-0.15, -0.1) is 11.8 Å². The molecule has 0 saturated carbocycles. The lowest BCUT2D eigenvalue weighted by Crippen LogP contribution is -2.53. The van der Waals surface area contributed by atoms with Crippen molar-refractivity contribution in [2.75, 3.05) is 25.4 Å². The molecule has 0 N–H and O–H groups in total. The number of benzene rings is 2. The molecule has 160 valence electrons. The molecule has 1 spiro atoms. The monoisotopic (exact) mass is 548 g/mol. The highest BCUT2D eigenvalue weighted by Gasteiger charge is 2.48. The van der Waals surface area contributed by atoms with Crippen LogP contribution in [0.5, 0.6) is 0 Å². The van der Waals surface area contributed by atoms with Crippen LogP contribution in [0.2, 0.25) is 10.0 Å². The van der Waals surface area contributed by atoms with E-state index < -0.39 is 10.0 Å². The van der Waals surface area contributed by atoms with Crippen LogP contribution < -0.4 is 0 Å². The number of amides is 1. The molecule has 4 rings (SSSR count). The lowest BCUT2D eigenvalue weighted by molar-refractivity contribution is 0.0605. The summed E-state index contributed by atoms with van der Waals surface area (Å²) in [7, 11) is -3.76. The van der Waals surface area contributed by atoms with Crippen molar-refractivity contribution in [2.24, 2.45) is 0 Å². The summed E-state index contributed by atoms with van der Waals surface area (Å²) in [5.41, 5.74) is 0.640. The molecule has 2 aliphatic heterocycles. The predicted octanol–water partition coefficient (Wildman–Crippen LogP) is 5.13. The number of hydrogen-bond acceptors (Lipinski definition) is 4. The van der Waals surface area contributed by atoms with Gasteiger partial charge in [-0.1, -0.05) is 39.1 Å². The molecule has 0 bridgehead atoms. The Bertz CT molecular complexity index is 1070. The fraction of sp³-hybridized carbons (Fsp3) is 0.350. The van der Waals surface area contributed by atoms with Gasteiger partial charge in [-0.3, -0.25) is 4.79 Å². The zero-order valence-electron chi connectivity index (χ0n) is 15.9. The number of hydrogen-bond donors (Lipinski definition) is 0. The lowest BCUT2D eigenvalue weighted by atomic mass is 10.0. The largest absolute Gasteiger partial charge is 0.323 e. The Hall–Kier alpha value is -0.770. The Kier molecular flexibility index (Phi) is 6.46. The van der Waals surface area contributed by atoms with E-state index in [0.29, 0.717) is 43.1 Å². The van der Waals surface area contributed by atoms with E-state index in [2.05, 4.69) is 15.9 Å². The molecule has 2 heterocycles. The second kappa shape index (κ2) is 8.64. The molecule has 2 saturated heterocycles. The van der Waals surface area contributed by atoms with Gasteiger partial charge in [0.05, 0.1) is 9.89 Å². The molecule has 5 nitrogen and oxygen atoms in total. The first kappa shape index (κ1) is 22.4. The maximum absolute atomic E-state index is 13.1. The first-order valence-electron chi connectivity index (χ1n) is 9.40. The average Bonchev–Trinajstić information content (AvgIpc) is 3.13. The molecule has 2 aromatic carbocycles. The minimum Gasteiger partial charge on any atom is -0.323 e. The quantitative estimate of drug-likeness (QED) is 0.533. The van der Waals surface area contributed by atoms with E-state index >= 15 is 0 Å². The third-order valence-electron chi connectivity index (χ3n) is 5.53. The van der Waals surface area contributed by atoms with Crippen molar-refractivity contribution in [2.45, 2.75) is 22.6 Å². The highest BCUT2D eigenvalue weighted by molar-refractivity contribution is 9.10. The summed E-state index contributed by atoms with van der Waals surface area (Å²) in [6.07, 6.45) is 1.13. The van der Waals surface area contributed by atoms with Crippen molar-refractivity contribution >= 4 is 66.8 Å². The Morgan fingerprint density at radius 3 is 2.37 bits per heavy atom. The SMILES string of the molecule is O=C(c1ccc(Br)cc1)N1CCSC12CCN(S(=O)(=O)c1cc(Cl)ccc1Cl)CC2. The molecule has 30 heavy (non-hydrogen) atoms. The average molecular weight is 550 g/mol. The molecule has 0 aromatic heterocycles. The normalized spacial score (nSPS) is 19.4. The first-order chi connectivity index (χ1) is 14.2. The topological polar surface area (TPSA) is 57.7 Å². The third kappa shape index (κ3) is 4.14. The van der Waals surface area contributed by atoms with Crippen molar-refractivity contribution in [3.8, 4) is 0 Å². The molecule has 0 radical (unpaired) electrons. The number of piperidine rings is 1. The van der Waals surface area contributed by atoms with Crippen LogP contribution in [0, 0.1) is 0 Å². The van der Waals surface area contributed by atoms with E-state index in [9.17, 15) is 13.2 Å². The molecule has 1 amide bonds. The van der Waals surface area contributed by atoms with Gasteiger partial charge in [0.15, 0.2) is 0 Å². The molecule has 0 unspecified atom stereocenters. The van der Waals surface area contributed by atoms with Gasteiger partial charge in [0.1, 0.15) is 4.90 Å². The van der Waals surface area contributed by atoms with Crippen molar-refractivity contribution < 1.29 is 13.2 Å². The highest BCUT2D eigenvalue weighted by Crippen LogP contribution is 2.45. The third-order valence-corrected chi connectivity index (χ3v) is 10.2. The Labute approximate surface area is 198 Å². The second-order valence-corrected chi connectivity index (χ2v) is 12.4. The van der Waals surface area contributed by atoms with Crippen LogP contribution in [0.4, 0.5) is 0 Å². The first-order valence-corrected chi connectivity index (χ1v) is 13.4. The zero-order chi connectivity index (χ0) is 21.5. The number of thioether (sulfide) groups is 1. The predicted molar refractivity (Wildman–Crippen MR) is 125 cm³/mol. The Morgan fingerprint density at radius 1 is 1.03 bits per heavy atom. The van der Waals surface area contributed by atoms with Gasteiger partial charge >= 0.3 is 0 Å². The number of carbonyl (C=O) groups is 1. The van der Waals surface area contributed by atoms with Gasteiger partial charge in [0.2, 0.25) is 10.0 Å². The molecular weight excluding hydrogens is 531 g/mol. The van der Waals surface area contributed by atoms with E-state index in [4.69, 9.17) is 23.2 Å². The molecular formula is C20H19BrCl2N2O3S2. The van der Waals surface area contributed by atoms with Gasteiger partial charge in [-0.05, 0) is 55.3 Å². The van der Waals surface area contributed by atoms with Gasteiger partial charge < -0.3 is 4.90 Å². The molecule has 0 aliphatic carbocycles. The van der Waals surface area contributed by atoms with Crippen molar-refractivity contribution in [1.29, 1.82) is 0 Å². The van der Waals surface area contributed by atoms with Crippen molar-refractivity contribution in [3.05, 3.63) is 62.5 Å². The maximum atomic E-state index is 13.1. The van der Waals surface area contributed by atoms with Crippen LogP contribution in [-0.4, -0.2) is 53.8 Å². The van der Waals surface area contributed by atoms with Crippen molar-refractivity contribution in [3.63, 3.8) is 0 Å². The number of carbonyl (C=O) groups excluding carboxylic acids is 1. The van der Waals surface area contributed by atoms with Crippen molar-refractivity contribution in [1.82, 2.24) is 9.21 Å². The van der Waals surface area contributed by atoms with Crippen LogP contribution in [0.3, 0.4) is 0 Å². The zero-order valence-corrected chi connectivity index (χ0v) is 20.6. The molecule has 10 heteroatoms. The Morgan fingerprint density at radius 2 is 1.70 bits per heavy atom. The van der Waals surface area contributed by atoms with E-state index in [1.807, 2.05) is 29.2 Å². The summed E-state index contributed by atoms with van der Waals surface area (Å²) in [4.78, 5) is 14.7. The minimum atomic E-state index is -3.76. The summed E-state index contributed by atoms with van der Waals surface area (Å²) in [5, 5.41) is 0.478. The van der Waals surface area contributed by atoms with Crippen LogP contribution in [0.15, 0.2) is 51.8 Å². The van der Waals surface area contributed by atoms with E-state index in [1.165, 1.54) is 16.4 Å². The van der Waals surface area contributed by atoms with Crippen LogP contribution in [0.1, 0.15) is 23.2 Å². The lowest BCUT2D eigenvalue weighted by Gasteiger charge is -2.43. The van der Waals surface area contributed by atoms with E-state index in [1.54, 1.807) is 17.8 Å². The highest BCUT2D eigenvalue weighted by atomic mass is 79.9. The standard InChI is InChI=1S/C20H19BrCl2N2O3S2/c21-15-3-1-14(2-4-15)19(26)25-11-12-29-20(25)7-9-24(10-8-20)30(27,28)18-13-16(22)5-6-17(18)23/h1-6,13H,7-12H2. The summed E-state index contributed by atoms with van der Waals surface area (Å²) in [5.74, 6) is 0.830. The smallest absolute Gasteiger partial charge is 0.254 e. The van der Waals surface area contributed by atoms with E-state index in [0.717, 1.165) is 10.2 Å². The van der Waals surface area contributed by atoms with Gasteiger partial charge in [-0.25, -0.2) is 8.42 Å². The fourth-order valence-corrected chi connectivity index (χ4v) is 7.85. The number of halogens is 3.